The Morgan fingerprint density at radius 3 is 2.00 bits per heavy atom. The van der Waals surface area contributed by atoms with Crippen LogP contribution in [0.2, 0.25) is 0 Å². The summed E-state index contributed by atoms with van der Waals surface area (Å²) in [7, 11) is 4.91. The standard InChI is InChI=1S/C17H27NO3/c1-12(13-8-6-5-7-9-13)18-14-10-15(19-2)17(21-4)16(11-14)20-3/h10-13,18H,5-9H2,1-4H3. The molecule has 1 unspecified atom stereocenters. The first-order valence-corrected chi connectivity index (χ1v) is 7.76. The van der Waals surface area contributed by atoms with E-state index in [2.05, 4.69) is 12.2 Å². The van der Waals surface area contributed by atoms with Gasteiger partial charge in [-0.3, -0.25) is 0 Å². The van der Waals surface area contributed by atoms with E-state index in [1.54, 1.807) is 21.3 Å². The Morgan fingerprint density at radius 2 is 1.52 bits per heavy atom. The van der Waals surface area contributed by atoms with E-state index in [4.69, 9.17) is 14.2 Å². The highest BCUT2D eigenvalue weighted by molar-refractivity contribution is 5.62. The van der Waals surface area contributed by atoms with Crippen molar-refractivity contribution >= 4 is 5.69 Å². The van der Waals surface area contributed by atoms with Gasteiger partial charge in [0.2, 0.25) is 5.75 Å². The first kappa shape index (κ1) is 15.8. The average molecular weight is 293 g/mol. The van der Waals surface area contributed by atoms with Crippen LogP contribution in [0.4, 0.5) is 5.69 Å². The van der Waals surface area contributed by atoms with Crippen molar-refractivity contribution in [3.05, 3.63) is 12.1 Å². The van der Waals surface area contributed by atoms with Gasteiger partial charge in [-0.15, -0.1) is 0 Å². The molecule has 1 aliphatic carbocycles. The maximum Gasteiger partial charge on any atom is 0.203 e. The fourth-order valence-corrected chi connectivity index (χ4v) is 3.18. The first-order chi connectivity index (χ1) is 10.2. The van der Waals surface area contributed by atoms with E-state index in [-0.39, 0.29) is 0 Å². The second-order valence-corrected chi connectivity index (χ2v) is 5.75. The number of methoxy groups -OCH3 is 3. The summed E-state index contributed by atoms with van der Waals surface area (Å²) >= 11 is 0. The van der Waals surface area contributed by atoms with Crippen molar-refractivity contribution < 1.29 is 14.2 Å². The molecule has 0 radical (unpaired) electrons. The van der Waals surface area contributed by atoms with Crippen molar-refractivity contribution in [3.8, 4) is 17.2 Å². The third-order valence-corrected chi connectivity index (χ3v) is 4.42. The van der Waals surface area contributed by atoms with Crippen LogP contribution in [0.25, 0.3) is 0 Å². The van der Waals surface area contributed by atoms with Gasteiger partial charge >= 0.3 is 0 Å². The molecule has 0 aliphatic heterocycles. The average Bonchev–Trinajstić information content (AvgIpc) is 2.54. The van der Waals surface area contributed by atoms with Gasteiger partial charge in [-0.25, -0.2) is 0 Å². The zero-order valence-corrected chi connectivity index (χ0v) is 13.6. The molecule has 1 aromatic rings. The molecule has 118 valence electrons. The molecule has 2 rings (SSSR count). The highest BCUT2D eigenvalue weighted by Gasteiger charge is 2.21. The molecule has 0 aromatic heterocycles. The summed E-state index contributed by atoms with van der Waals surface area (Å²) in [5, 5.41) is 3.60. The minimum atomic E-state index is 0.452. The SMILES string of the molecule is COc1cc(NC(C)C2CCCCC2)cc(OC)c1OC. The van der Waals surface area contributed by atoms with Gasteiger partial charge in [0.05, 0.1) is 21.3 Å². The quantitative estimate of drug-likeness (QED) is 0.857. The van der Waals surface area contributed by atoms with Gasteiger partial charge in [-0.1, -0.05) is 19.3 Å². The molecule has 1 aromatic carbocycles. The second-order valence-electron chi connectivity index (χ2n) is 5.75. The molecule has 1 fully saturated rings. The van der Waals surface area contributed by atoms with E-state index in [1.165, 1.54) is 32.1 Å². The lowest BCUT2D eigenvalue weighted by atomic mass is 9.84. The number of ether oxygens (including phenoxy) is 3. The molecule has 1 aliphatic rings. The van der Waals surface area contributed by atoms with Gasteiger partial charge in [0, 0.05) is 23.9 Å². The smallest absolute Gasteiger partial charge is 0.203 e. The second kappa shape index (κ2) is 7.43. The summed E-state index contributed by atoms with van der Waals surface area (Å²) in [6.07, 6.45) is 6.72. The summed E-state index contributed by atoms with van der Waals surface area (Å²) < 4.78 is 16.2. The number of benzene rings is 1. The van der Waals surface area contributed by atoms with Gasteiger partial charge < -0.3 is 19.5 Å². The predicted molar refractivity (Wildman–Crippen MR) is 85.8 cm³/mol. The third-order valence-electron chi connectivity index (χ3n) is 4.42. The lowest BCUT2D eigenvalue weighted by Crippen LogP contribution is -2.27. The van der Waals surface area contributed by atoms with Crippen molar-refractivity contribution in [2.75, 3.05) is 26.6 Å². The van der Waals surface area contributed by atoms with E-state index >= 15 is 0 Å². The zero-order valence-electron chi connectivity index (χ0n) is 13.6. The lowest BCUT2D eigenvalue weighted by Gasteiger charge is -2.29. The Morgan fingerprint density at radius 1 is 0.952 bits per heavy atom. The largest absolute Gasteiger partial charge is 0.493 e. The maximum absolute atomic E-state index is 5.40. The number of hydrogen-bond acceptors (Lipinski definition) is 4. The van der Waals surface area contributed by atoms with E-state index in [0.717, 1.165) is 11.6 Å². The minimum absolute atomic E-state index is 0.452. The third kappa shape index (κ3) is 3.74. The van der Waals surface area contributed by atoms with Gasteiger partial charge in [0.15, 0.2) is 11.5 Å². The summed E-state index contributed by atoms with van der Waals surface area (Å²) in [6.45, 7) is 2.26. The number of nitrogens with one attached hydrogen (secondary N) is 1. The zero-order chi connectivity index (χ0) is 15.2. The summed E-state index contributed by atoms with van der Waals surface area (Å²) in [5.74, 6) is 2.76. The molecule has 0 spiro atoms. The lowest BCUT2D eigenvalue weighted by molar-refractivity contribution is 0.322. The van der Waals surface area contributed by atoms with E-state index < -0.39 is 0 Å². The fraction of sp³-hybridized carbons (Fsp3) is 0.647. The molecule has 1 N–H and O–H groups in total. The first-order valence-electron chi connectivity index (χ1n) is 7.76. The van der Waals surface area contributed by atoms with E-state index in [1.807, 2.05) is 12.1 Å². The van der Waals surface area contributed by atoms with Gasteiger partial charge in [-0.2, -0.15) is 0 Å². The molecule has 0 saturated heterocycles. The molecule has 0 amide bonds. The van der Waals surface area contributed by atoms with Crippen molar-refractivity contribution in [3.63, 3.8) is 0 Å². The molecule has 0 bridgehead atoms. The van der Waals surface area contributed by atoms with Gasteiger partial charge in [0.25, 0.3) is 0 Å². The van der Waals surface area contributed by atoms with Crippen LogP contribution in [0.1, 0.15) is 39.0 Å². The van der Waals surface area contributed by atoms with Crippen LogP contribution in [0.5, 0.6) is 17.2 Å². The Hall–Kier alpha value is -1.58. The van der Waals surface area contributed by atoms with Crippen LogP contribution in [-0.4, -0.2) is 27.4 Å². The Labute approximate surface area is 127 Å². The Bertz CT molecular complexity index is 430. The monoisotopic (exact) mass is 293 g/mol. The highest BCUT2D eigenvalue weighted by Crippen LogP contribution is 2.40. The molecule has 1 saturated carbocycles. The minimum Gasteiger partial charge on any atom is -0.493 e. The summed E-state index contributed by atoms with van der Waals surface area (Å²) in [5.41, 5.74) is 1.02. The summed E-state index contributed by atoms with van der Waals surface area (Å²) in [6, 6.07) is 4.40. The van der Waals surface area contributed by atoms with Crippen molar-refractivity contribution in [2.24, 2.45) is 5.92 Å². The maximum atomic E-state index is 5.40. The van der Waals surface area contributed by atoms with Crippen LogP contribution in [0.3, 0.4) is 0 Å². The van der Waals surface area contributed by atoms with Crippen LogP contribution in [0.15, 0.2) is 12.1 Å². The Kier molecular flexibility index (Phi) is 5.59. The van der Waals surface area contributed by atoms with E-state index in [0.29, 0.717) is 23.3 Å². The van der Waals surface area contributed by atoms with Crippen molar-refractivity contribution in [1.29, 1.82) is 0 Å². The Balaban J connectivity index is 2.15. The molecule has 4 nitrogen and oxygen atoms in total. The molecular formula is C17H27NO3. The summed E-state index contributed by atoms with van der Waals surface area (Å²) in [4.78, 5) is 0. The van der Waals surface area contributed by atoms with Crippen molar-refractivity contribution in [2.45, 2.75) is 45.1 Å². The van der Waals surface area contributed by atoms with Crippen molar-refractivity contribution in [1.82, 2.24) is 0 Å². The van der Waals surface area contributed by atoms with Crippen LogP contribution in [-0.2, 0) is 0 Å². The fourth-order valence-electron chi connectivity index (χ4n) is 3.18. The molecule has 21 heavy (non-hydrogen) atoms. The molecule has 0 heterocycles. The highest BCUT2D eigenvalue weighted by atomic mass is 16.5. The predicted octanol–water partition coefficient (Wildman–Crippen LogP) is 4.09. The normalized spacial score (nSPS) is 17.1. The molecule has 4 heteroatoms. The van der Waals surface area contributed by atoms with Gasteiger partial charge in [0.1, 0.15) is 0 Å². The number of hydrogen-bond donors (Lipinski definition) is 1. The molecular weight excluding hydrogens is 266 g/mol. The van der Waals surface area contributed by atoms with E-state index in [9.17, 15) is 0 Å². The van der Waals surface area contributed by atoms with Crippen LogP contribution in [0, 0.1) is 5.92 Å². The molecule has 1 atom stereocenters. The van der Waals surface area contributed by atoms with Crippen LogP contribution >= 0.6 is 0 Å². The van der Waals surface area contributed by atoms with Crippen LogP contribution < -0.4 is 19.5 Å². The van der Waals surface area contributed by atoms with Gasteiger partial charge in [-0.05, 0) is 25.7 Å². The number of rotatable bonds is 6. The topological polar surface area (TPSA) is 39.7 Å². The number of anilines is 1.